The van der Waals surface area contributed by atoms with E-state index in [1.807, 2.05) is 31.2 Å². The smallest absolute Gasteiger partial charge is 0.260 e. The number of likely N-dealkylation sites (tertiary alicyclic amines) is 1. The second-order valence-corrected chi connectivity index (χ2v) is 7.97. The number of methoxy groups -OCH3 is 2. The molecule has 2 aromatic rings. The molecule has 0 aromatic heterocycles. The molecule has 31 heavy (non-hydrogen) atoms. The third-order valence-electron chi connectivity index (χ3n) is 5.63. The predicted octanol–water partition coefficient (Wildman–Crippen LogP) is 3.03. The van der Waals surface area contributed by atoms with E-state index in [0.29, 0.717) is 25.4 Å². The highest BCUT2D eigenvalue weighted by atomic mass is 16.5. The van der Waals surface area contributed by atoms with Gasteiger partial charge in [0.15, 0.2) is 6.61 Å². The first-order valence-electron chi connectivity index (χ1n) is 10.4. The van der Waals surface area contributed by atoms with Crippen molar-refractivity contribution in [2.75, 3.05) is 33.9 Å². The van der Waals surface area contributed by atoms with E-state index in [4.69, 9.17) is 14.2 Å². The Morgan fingerprint density at radius 2 is 1.55 bits per heavy atom. The Labute approximate surface area is 183 Å². The molecule has 0 radical (unpaired) electrons. The van der Waals surface area contributed by atoms with Gasteiger partial charge in [0.1, 0.15) is 17.2 Å². The molecule has 7 nitrogen and oxygen atoms in total. The van der Waals surface area contributed by atoms with Crippen molar-refractivity contribution in [3.63, 3.8) is 0 Å². The highest BCUT2D eigenvalue weighted by Gasteiger charge is 2.39. The normalized spacial score (nSPS) is 18.2. The number of ether oxygens (including phenoxy) is 3. The number of nitrogens with zero attached hydrogens (tertiary/aromatic N) is 1. The van der Waals surface area contributed by atoms with Crippen LogP contribution in [0.1, 0.15) is 25.3 Å². The van der Waals surface area contributed by atoms with Crippen molar-refractivity contribution in [1.82, 2.24) is 10.2 Å². The van der Waals surface area contributed by atoms with Gasteiger partial charge in [-0.2, -0.15) is 0 Å². The fraction of sp³-hybridized carbons (Fsp3) is 0.417. The minimum absolute atomic E-state index is 0.0445. The van der Waals surface area contributed by atoms with Crippen LogP contribution in [0.5, 0.6) is 17.2 Å². The van der Waals surface area contributed by atoms with Crippen LogP contribution in [0.25, 0.3) is 0 Å². The zero-order valence-electron chi connectivity index (χ0n) is 18.3. The number of amides is 2. The maximum atomic E-state index is 12.9. The Kier molecular flexibility index (Phi) is 7.39. The van der Waals surface area contributed by atoms with Crippen LogP contribution >= 0.6 is 0 Å². The second-order valence-electron chi connectivity index (χ2n) is 7.97. The van der Waals surface area contributed by atoms with Crippen LogP contribution in [-0.2, 0) is 16.1 Å². The molecule has 166 valence electrons. The number of carbonyl (C=O) groups excluding carboxylic acids is 2. The molecule has 0 spiro atoms. The summed E-state index contributed by atoms with van der Waals surface area (Å²) in [6.45, 7) is 3.31. The van der Waals surface area contributed by atoms with Gasteiger partial charge in [-0.15, -0.1) is 0 Å². The summed E-state index contributed by atoms with van der Waals surface area (Å²) in [6, 6.07) is 14.7. The van der Waals surface area contributed by atoms with E-state index in [-0.39, 0.29) is 18.4 Å². The standard InChI is InChI=1S/C24H30N2O5/c1-24(23(28)25-15-18-5-7-19(29-2)8-6-18)13-4-14-26(17-24)22(27)16-31-21-11-9-20(30-3)10-12-21/h5-12H,4,13-17H2,1-3H3,(H,25,28). The summed E-state index contributed by atoms with van der Waals surface area (Å²) in [5.41, 5.74) is 0.370. The monoisotopic (exact) mass is 426 g/mol. The molecule has 1 heterocycles. The molecule has 1 aliphatic rings. The number of hydrogen-bond acceptors (Lipinski definition) is 5. The minimum atomic E-state index is -0.625. The van der Waals surface area contributed by atoms with Crippen molar-refractivity contribution in [2.45, 2.75) is 26.3 Å². The lowest BCUT2D eigenvalue weighted by Crippen LogP contribution is -2.52. The maximum absolute atomic E-state index is 12.9. The molecule has 2 amide bonds. The number of carbonyl (C=O) groups is 2. The van der Waals surface area contributed by atoms with Crippen LogP contribution in [0.3, 0.4) is 0 Å². The third kappa shape index (κ3) is 5.90. The Morgan fingerprint density at radius 1 is 0.968 bits per heavy atom. The van der Waals surface area contributed by atoms with Gasteiger partial charge in [0.2, 0.25) is 5.91 Å². The first kappa shape index (κ1) is 22.5. The van der Waals surface area contributed by atoms with Crippen LogP contribution in [0.15, 0.2) is 48.5 Å². The van der Waals surface area contributed by atoms with Gasteiger partial charge in [-0.25, -0.2) is 0 Å². The van der Waals surface area contributed by atoms with E-state index in [0.717, 1.165) is 29.9 Å². The van der Waals surface area contributed by atoms with Crippen molar-refractivity contribution >= 4 is 11.8 Å². The number of nitrogens with one attached hydrogen (secondary N) is 1. The fourth-order valence-corrected chi connectivity index (χ4v) is 3.69. The number of hydrogen-bond donors (Lipinski definition) is 1. The van der Waals surface area contributed by atoms with E-state index >= 15 is 0 Å². The summed E-state index contributed by atoms with van der Waals surface area (Å²) >= 11 is 0. The van der Waals surface area contributed by atoms with Gasteiger partial charge in [0, 0.05) is 19.6 Å². The lowest BCUT2D eigenvalue weighted by molar-refractivity contribution is -0.142. The molecule has 2 aromatic carbocycles. The molecule has 7 heteroatoms. The van der Waals surface area contributed by atoms with Crippen LogP contribution < -0.4 is 19.5 Å². The fourth-order valence-electron chi connectivity index (χ4n) is 3.69. The first-order chi connectivity index (χ1) is 14.9. The third-order valence-corrected chi connectivity index (χ3v) is 5.63. The van der Waals surface area contributed by atoms with E-state index in [1.165, 1.54) is 0 Å². The molecule has 1 atom stereocenters. The quantitative estimate of drug-likeness (QED) is 0.702. The summed E-state index contributed by atoms with van der Waals surface area (Å²) in [4.78, 5) is 27.3. The van der Waals surface area contributed by atoms with Gasteiger partial charge in [-0.05, 0) is 61.7 Å². The van der Waals surface area contributed by atoms with Gasteiger partial charge in [-0.1, -0.05) is 12.1 Å². The highest BCUT2D eigenvalue weighted by Crippen LogP contribution is 2.30. The van der Waals surface area contributed by atoms with E-state index in [1.54, 1.807) is 43.4 Å². The topological polar surface area (TPSA) is 77.1 Å². The van der Waals surface area contributed by atoms with Gasteiger partial charge >= 0.3 is 0 Å². The molecular formula is C24H30N2O5. The van der Waals surface area contributed by atoms with Crippen molar-refractivity contribution in [2.24, 2.45) is 5.41 Å². The molecule has 0 aliphatic carbocycles. The summed E-state index contributed by atoms with van der Waals surface area (Å²) in [5, 5.41) is 3.01. The maximum Gasteiger partial charge on any atom is 0.260 e. The number of piperidine rings is 1. The lowest BCUT2D eigenvalue weighted by atomic mass is 9.81. The van der Waals surface area contributed by atoms with Crippen molar-refractivity contribution in [1.29, 1.82) is 0 Å². The largest absolute Gasteiger partial charge is 0.497 e. The Bertz CT molecular complexity index is 882. The van der Waals surface area contributed by atoms with Crippen LogP contribution in [0.4, 0.5) is 0 Å². The summed E-state index contributed by atoms with van der Waals surface area (Å²) < 4.78 is 15.9. The average Bonchev–Trinajstić information content (AvgIpc) is 2.81. The summed E-state index contributed by atoms with van der Waals surface area (Å²) in [5.74, 6) is 1.94. The lowest BCUT2D eigenvalue weighted by Gasteiger charge is -2.39. The molecule has 3 rings (SSSR count). The van der Waals surface area contributed by atoms with Gasteiger partial charge in [-0.3, -0.25) is 9.59 Å². The van der Waals surface area contributed by atoms with Gasteiger partial charge < -0.3 is 24.4 Å². The number of benzene rings is 2. The Hall–Kier alpha value is -3.22. The van der Waals surface area contributed by atoms with Crippen molar-refractivity contribution in [3.8, 4) is 17.2 Å². The predicted molar refractivity (Wildman–Crippen MR) is 117 cm³/mol. The molecule has 1 unspecified atom stereocenters. The molecule has 0 bridgehead atoms. The average molecular weight is 427 g/mol. The van der Waals surface area contributed by atoms with E-state index in [9.17, 15) is 9.59 Å². The molecule has 1 N–H and O–H groups in total. The van der Waals surface area contributed by atoms with Gasteiger partial charge in [0.05, 0.1) is 19.6 Å². The molecule has 1 saturated heterocycles. The number of rotatable bonds is 8. The SMILES string of the molecule is COc1ccc(CNC(=O)C2(C)CCCN(C(=O)COc3ccc(OC)cc3)C2)cc1. The Morgan fingerprint density at radius 3 is 2.16 bits per heavy atom. The van der Waals surface area contributed by atoms with E-state index < -0.39 is 5.41 Å². The molecule has 0 saturated carbocycles. The second kappa shape index (κ2) is 10.2. The zero-order valence-corrected chi connectivity index (χ0v) is 18.3. The summed E-state index contributed by atoms with van der Waals surface area (Å²) in [6.07, 6.45) is 1.52. The molecule has 1 fully saturated rings. The molecular weight excluding hydrogens is 396 g/mol. The molecule has 1 aliphatic heterocycles. The first-order valence-corrected chi connectivity index (χ1v) is 10.4. The van der Waals surface area contributed by atoms with Crippen LogP contribution in [0.2, 0.25) is 0 Å². The zero-order chi connectivity index (χ0) is 22.3. The van der Waals surface area contributed by atoms with E-state index in [2.05, 4.69) is 5.32 Å². The minimum Gasteiger partial charge on any atom is -0.497 e. The van der Waals surface area contributed by atoms with Crippen molar-refractivity contribution < 1.29 is 23.8 Å². The van der Waals surface area contributed by atoms with Gasteiger partial charge in [0.25, 0.3) is 5.91 Å². The highest BCUT2D eigenvalue weighted by molar-refractivity contribution is 5.84. The summed E-state index contributed by atoms with van der Waals surface area (Å²) in [7, 11) is 3.22. The van der Waals surface area contributed by atoms with Crippen LogP contribution in [0, 0.1) is 5.41 Å². The van der Waals surface area contributed by atoms with Crippen molar-refractivity contribution in [3.05, 3.63) is 54.1 Å². The van der Waals surface area contributed by atoms with Crippen LogP contribution in [-0.4, -0.2) is 50.6 Å². The Balaban J connectivity index is 1.51.